The van der Waals surface area contributed by atoms with Gasteiger partial charge in [-0.1, -0.05) is 18.9 Å². The van der Waals surface area contributed by atoms with Gasteiger partial charge in [0.1, 0.15) is 11.5 Å². The molecule has 1 amide bonds. The zero-order valence-electron chi connectivity index (χ0n) is 11.8. The van der Waals surface area contributed by atoms with Gasteiger partial charge in [-0.15, -0.1) is 12.4 Å². The highest BCUT2D eigenvalue weighted by Gasteiger charge is 2.19. The fourth-order valence-electron chi connectivity index (χ4n) is 2.54. The van der Waals surface area contributed by atoms with Crippen LogP contribution in [0.4, 0.5) is 5.82 Å². The third-order valence-electron chi connectivity index (χ3n) is 3.70. The topological polar surface area (TPSA) is 71.2 Å². The number of carbonyl (C=O) groups is 1. The highest BCUT2D eigenvalue weighted by molar-refractivity contribution is 5.92. The van der Waals surface area contributed by atoms with Crippen molar-refractivity contribution in [2.75, 3.05) is 25.9 Å². The van der Waals surface area contributed by atoms with Gasteiger partial charge in [0.15, 0.2) is 0 Å². The fourth-order valence-corrected chi connectivity index (χ4v) is 2.54. The first-order chi connectivity index (χ1) is 9.16. The number of amides is 1. The molecule has 0 atom stereocenters. The molecule has 1 heterocycles. The monoisotopic (exact) mass is 298 g/mol. The number of hydrogen-bond acceptors (Lipinski definition) is 4. The number of nitrogens with zero attached hydrogens (tertiary/aromatic N) is 2. The molecule has 6 heteroatoms. The van der Waals surface area contributed by atoms with Crippen molar-refractivity contribution < 1.29 is 4.79 Å². The van der Waals surface area contributed by atoms with E-state index in [4.69, 9.17) is 5.73 Å². The molecular weight excluding hydrogens is 276 g/mol. The van der Waals surface area contributed by atoms with Gasteiger partial charge in [0.05, 0.1) is 0 Å². The van der Waals surface area contributed by atoms with E-state index in [0.717, 1.165) is 6.54 Å². The maximum absolute atomic E-state index is 11.9. The summed E-state index contributed by atoms with van der Waals surface area (Å²) in [4.78, 5) is 18.2. The second-order valence-corrected chi connectivity index (χ2v) is 5.12. The second kappa shape index (κ2) is 8.07. The summed E-state index contributed by atoms with van der Waals surface area (Å²) in [5.74, 6) is 0.211. The molecule has 0 saturated heterocycles. The molecule has 3 N–H and O–H groups in total. The number of rotatable bonds is 5. The van der Waals surface area contributed by atoms with Crippen LogP contribution in [-0.2, 0) is 0 Å². The normalized spacial score (nSPS) is 15.1. The van der Waals surface area contributed by atoms with E-state index in [1.165, 1.54) is 25.7 Å². The van der Waals surface area contributed by atoms with E-state index in [2.05, 4.69) is 22.2 Å². The molecule has 20 heavy (non-hydrogen) atoms. The number of aromatic nitrogens is 1. The van der Waals surface area contributed by atoms with Crippen LogP contribution in [0.2, 0.25) is 0 Å². The summed E-state index contributed by atoms with van der Waals surface area (Å²) in [6.07, 6.45) is 5.21. The highest BCUT2D eigenvalue weighted by atomic mass is 35.5. The van der Waals surface area contributed by atoms with Gasteiger partial charge < -0.3 is 16.0 Å². The van der Waals surface area contributed by atoms with E-state index in [9.17, 15) is 4.79 Å². The first kappa shape index (κ1) is 16.7. The van der Waals surface area contributed by atoms with Crippen molar-refractivity contribution >= 4 is 24.1 Å². The van der Waals surface area contributed by atoms with Crippen LogP contribution < -0.4 is 11.1 Å². The minimum atomic E-state index is -0.160. The van der Waals surface area contributed by atoms with Crippen molar-refractivity contribution in [3.63, 3.8) is 0 Å². The summed E-state index contributed by atoms with van der Waals surface area (Å²) in [6.45, 7) is 1.51. The Bertz CT molecular complexity index is 435. The molecule has 1 aliphatic carbocycles. The number of nitrogens with one attached hydrogen (secondary N) is 1. The number of nitrogen functional groups attached to an aromatic ring is 1. The Morgan fingerprint density at radius 2 is 2.15 bits per heavy atom. The summed E-state index contributed by atoms with van der Waals surface area (Å²) >= 11 is 0. The van der Waals surface area contributed by atoms with E-state index in [1.54, 1.807) is 18.2 Å². The molecule has 2 rings (SSSR count). The van der Waals surface area contributed by atoms with Crippen LogP contribution >= 0.6 is 12.4 Å². The second-order valence-electron chi connectivity index (χ2n) is 5.12. The third kappa shape index (κ3) is 4.65. The number of likely N-dealkylation sites (N-methyl/N-ethyl adjacent to an activating group) is 1. The average Bonchev–Trinajstić information content (AvgIpc) is 2.92. The number of halogens is 1. The SMILES string of the molecule is CN(CCNC(=O)c1cccc(N)n1)C1CCCC1.Cl. The summed E-state index contributed by atoms with van der Waals surface area (Å²) in [7, 11) is 2.13. The first-order valence-electron chi connectivity index (χ1n) is 6.88. The van der Waals surface area contributed by atoms with E-state index in [0.29, 0.717) is 24.1 Å². The smallest absolute Gasteiger partial charge is 0.270 e. The minimum absolute atomic E-state index is 0. The summed E-state index contributed by atoms with van der Waals surface area (Å²) in [5, 5.41) is 2.88. The zero-order valence-corrected chi connectivity index (χ0v) is 12.7. The lowest BCUT2D eigenvalue weighted by Crippen LogP contribution is -2.37. The summed E-state index contributed by atoms with van der Waals surface area (Å²) < 4.78 is 0. The van der Waals surface area contributed by atoms with Crippen molar-refractivity contribution in [3.05, 3.63) is 23.9 Å². The molecule has 0 bridgehead atoms. The quantitative estimate of drug-likeness (QED) is 0.868. The standard InChI is InChI=1S/C14H22N4O.ClH/c1-18(11-5-2-3-6-11)10-9-16-14(19)12-7-4-8-13(15)17-12;/h4,7-8,11H,2-3,5-6,9-10H2,1H3,(H2,15,17)(H,16,19);1H. The number of pyridine rings is 1. The van der Waals surface area contributed by atoms with Crippen molar-refractivity contribution in [1.29, 1.82) is 0 Å². The highest BCUT2D eigenvalue weighted by Crippen LogP contribution is 2.21. The Balaban J connectivity index is 0.00000200. The lowest BCUT2D eigenvalue weighted by molar-refractivity contribution is 0.0942. The molecule has 112 valence electrons. The van der Waals surface area contributed by atoms with Crippen LogP contribution in [-0.4, -0.2) is 42.0 Å². The van der Waals surface area contributed by atoms with Gasteiger partial charge in [0, 0.05) is 19.1 Å². The number of hydrogen-bond donors (Lipinski definition) is 2. The fraction of sp³-hybridized carbons (Fsp3) is 0.571. The van der Waals surface area contributed by atoms with Crippen molar-refractivity contribution in [2.45, 2.75) is 31.7 Å². The van der Waals surface area contributed by atoms with Crippen LogP contribution in [0.25, 0.3) is 0 Å². The molecule has 1 aliphatic rings. The molecule has 1 fully saturated rings. The maximum atomic E-state index is 11.9. The van der Waals surface area contributed by atoms with Crippen LogP contribution in [0.1, 0.15) is 36.2 Å². The van der Waals surface area contributed by atoms with Gasteiger partial charge in [0.2, 0.25) is 0 Å². The number of anilines is 1. The molecule has 1 aromatic heterocycles. The Morgan fingerprint density at radius 3 is 2.80 bits per heavy atom. The van der Waals surface area contributed by atoms with Gasteiger partial charge in [-0.3, -0.25) is 4.79 Å². The first-order valence-corrected chi connectivity index (χ1v) is 6.88. The van der Waals surface area contributed by atoms with Crippen LogP contribution in [0.15, 0.2) is 18.2 Å². The van der Waals surface area contributed by atoms with Gasteiger partial charge in [-0.2, -0.15) is 0 Å². The summed E-state index contributed by atoms with van der Waals surface area (Å²) in [6, 6.07) is 5.77. The van der Waals surface area contributed by atoms with Crippen LogP contribution in [0.5, 0.6) is 0 Å². The van der Waals surface area contributed by atoms with Crippen LogP contribution in [0, 0.1) is 0 Å². The van der Waals surface area contributed by atoms with E-state index >= 15 is 0 Å². The molecule has 1 saturated carbocycles. The van der Waals surface area contributed by atoms with Gasteiger partial charge in [-0.05, 0) is 32.0 Å². The van der Waals surface area contributed by atoms with E-state index in [-0.39, 0.29) is 18.3 Å². The molecule has 5 nitrogen and oxygen atoms in total. The molecule has 0 aromatic carbocycles. The van der Waals surface area contributed by atoms with Gasteiger partial charge in [0.25, 0.3) is 5.91 Å². The van der Waals surface area contributed by atoms with E-state index < -0.39 is 0 Å². The predicted molar refractivity (Wildman–Crippen MR) is 83.1 cm³/mol. The predicted octanol–water partition coefficient (Wildman–Crippen LogP) is 1.69. The van der Waals surface area contributed by atoms with Crippen molar-refractivity contribution in [2.24, 2.45) is 0 Å². The number of carbonyl (C=O) groups excluding carboxylic acids is 1. The third-order valence-corrected chi connectivity index (χ3v) is 3.70. The average molecular weight is 299 g/mol. The van der Waals surface area contributed by atoms with E-state index in [1.807, 2.05) is 0 Å². The molecule has 0 radical (unpaired) electrons. The maximum Gasteiger partial charge on any atom is 0.270 e. The molecule has 0 unspecified atom stereocenters. The van der Waals surface area contributed by atoms with Gasteiger partial charge in [-0.25, -0.2) is 4.98 Å². The Labute approximate surface area is 126 Å². The van der Waals surface area contributed by atoms with Crippen molar-refractivity contribution in [3.8, 4) is 0 Å². The number of nitrogens with two attached hydrogens (primary N) is 1. The lowest BCUT2D eigenvalue weighted by Gasteiger charge is -2.23. The Kier molecular flexibility index (Phi) is 6.75. The lowest BCUT2D eigenvalue weighted by atomic mass is 10.2. The molecule has 0 spiro atoms. The summed E-state index contributed by atoms with van der Waals surface area (Å²) in [5.41, 5.74) is 5.93. The Morgan fingerprint density at radius 1 is 1.45 bits per heavy atom. The molecular formula is C14H23ClN4O. The Hall–Kier alpha value is -1.33. The van der Waals surface area contributed by atoms with Gasteiger partial charge >= 0.3 is 0 Å². The van der Waals surface area contributed by atoms with Crippen molar-refractivity contribution in [1.82, 2.24) is 15.2 Å². The molecule has 1 aromatic rings. The van der Waals surface area contributed by atoms with Crippen LogP contribution in [0.3, 0.4) is 0 Å². The zero-order chi connectivity index (χ0) is 13.7. The minimum Gasteiger partial charge on any atom is -0.384 e. The molecule has 0 aliphatic heterocycles. The largest absolute Gasteiger partial charge is 0.384 e.